The van der Waals surface area contributed by atoms with Crippen LogP contribution in [0.1, 0.15) is 43.6 Å². The standard InChI is InChI=1S/C18H21F2N5O/c1-12(2)13-4-6-14(7-5-13)17-22-16(26-23-17)11-24(3)10-15-21-8-9-25(15)18(19)20/h4-9,12,18H,10-11H2,1-3H3. The quantitative estimate of drug-likeness (QED) is 0.634. The average molecular weight is 361 g/mol. The predicted molar refractivity (Wildman–Crippen MR) is 92.5 cm³/mol. The van der Waals surface area contributed by atoms with Crippen molar-refractivity contribution in [1.29, 1.82) is 0 Å². The van der Waals surface area contributed by atoms with Crippen LogP contribution in [0, 0.1) is 0 Å². The van der Waals surface area contributed by atoms with Crippen molar-refractivity contribution in [3.63, 3.8) is 0 Å². The highest BCUT2D eigenvalue weighted by atomic mass is 19.3. The van der Waals surface area contributed by atoms with Crippen LogP contribution in [-0.4, -0.2) is 31.6 Å². The van der Waals surface area contributed by atoms with Gasteiger partial charge in [-0.1, -0.05) is 43.3 Å². The molecule has 26 heavy (non-hydrogen) atoms. The van der Waals surface area contributed by atoms with Crippen LogP contribution in [0.2, 0.25) is 0 Å². The Morgan fingerprint density at radius 3 is 2.54 bits per heavy atom. The van der Waals surface area contributed by atoms with Gasteiger partial charge in [-0.3, -0.25) is 9.47 Å². The van der Waals surface area contributed by atoms with Gasteiger partial charge in [0, 0.05) is 18.0 Å². The number of nitrogens with zero attached hydrogens (tertiary/aromatic N) is 5. The smallest absolute Gasteiger partial charge is 0.319 e. The molecule has 0 N–H and O–H groups in total. The average Bonchev–Trinajstić information content (AvgIpc) is 3.24. The van der Waals surface area contributed by atoms with E-state index in [9.17, 15) is 8.78 Å². The zero-order valence-corrected chi connectivity index (χ0v) is 14.9. The maximum atomic E-state index is 12.9. The van der Waals surface area contributed by atoms with E-state index >= 15 is 0 Å². The van der Waals surface area contributed by atoms with Gasteiger partial charge in [0.1, 0.15) is 5.82 Å². The van der Waals surface area contributed by atoms with Crippen LogP contribution in [0.15, 0.2) is 41.2 Å². The first kappa shape index (κ1) is 18.2. The van der Waals surface area contributed by atoms with Gasteiger partial charge in [0.15, 0.2) is 0 Å². The Morgan fingerprint density at radius 1 is 1.15 bits per heavy atom. The van der Waals surface area contributed by atoms with Crippen LogP contribution >= 0.6 is 0 Å². The molecule has 3 rings (SSSR count). The van der Waals surface area contributed by atoms with Crippen LogP contribution in [0.5, 0.6) is 0 Å². The fourth-order valence-corrected chi connectivity index (χ4v) is 2.63. The summed E-state index contributed by atoms with van der Waals surface area (Å²) >= 11 is 0. The van der Waals surface area contributed by atoms with E-state index in [1.807, 2.05) is 24.3 Å². The first-order valence-corrected chi connectivity index (χ1v) is 8.35. The summed E-state index contributed by atoms with van der Waals surface area (Å²) < 4.78 is 31.9. The van der Waals surface area contributed by atoms with Crippen molar-refractivity contribution in [1.82, 2.24) is 24.6 Å². The molecule has 0 aliphatic rings. The molecule has 2 heterocycles. The second-order valence-corrected chi connectivity index (χ2v) is 6.49. The van der Waals surface area contributed by atoms with E-state index in [0.717, 1.165) is 10.1 Å². The summed E-state index contributed by atoms with van der Waals surface area (Å²) in [6.45, 7) is 2.25. The summed E-state index contributed by atoms with van der Waals surface area (Å²) in [4.78, 5) is 10.1. The highest BCUT2D eigenvalue weighted by Crippen LogP contribution is 2.21. The van der Waals surface area contributed by atoms with Gasteiger partial charge in [-0.15, -0.1) is 0 Å². The minimum Gasteiger partial charge on any atom is -0.338 e. The number of aromatic nitrogens is 4. The number of alkyl halides is 2. The van der Waals surface area contributed by atoms with Crippen LogP contribution in [0.4, 0.5) is 8.78 Å². The molecule has 0 saturated carbocycles. The summed E-state index contributed by atoms with van der Waals surface area (Å²) in [6, 6.07) is 8.03. The molecular weight excluding hydrogens is 340 g/mol. The molecule has 0 atom stereocenters. The van der Waals surface area contributed by atoms with Crippen molar-refractivity contribution in [3.05, 3.63) is 53.9 Å². The van der Waals surface area contributed by atoms with Crippen molar-refractivity contribution < 1.29 is 13.3 Å². The minimum absolute atomic E-state index is 0.248. The zero-order valence-electron chi connectivity index (χ0n) is 14.9. The van der Waals surface area contributed by atoms with Gasteiger partial charge < -0.3 is 4.52 Å². The maximum Gasteiger partial charge on any atom is 0.319 e. The van der Waals surface area contributed by atoms with Crippen molar-refractivity contribution in [3.8, 4) is 11.4 Å². The molecule has 6 nitrogen and oxygen atoms in total. The minimum atomic E-state index is -2.61. The summed E-state index contributed by atoms with van der Waals surface area (Å²) in [6.07, 6.45) is 2.63. The highest BCUT2D eigenvalue weighted by Gasteiger charge is 2.15. The summed E-state index contributed by atoms with van der Waals surface area (Å²) in [5.74, 6) is 1.68. The van der Waals surface area contributed by atoms with E-state index in [0.29, 0.717) is 24.2 Å². The molecule has 138 valence electrons. The van der Waals surface area contributed by atoms with E-state index in [-0.39, 0.29) is 12.4 Å². The Hall–Kier alpha value is -2.61. The van der Waals surface area contributed by atoms with Crippen LogP contribution in [0.3, 0.4) is 0 Å². The Kier molecular flexibility index (Phi) is 5.41. The normalized spacial score (nSPS) is 11.8. The number of hydrogen-bond acceptors (Lipinski definition) is 5. The van der Waals surface area contributed by atoms with Crippen molar-refractivity contribution in [2.75, 3.05) is 7.05 Å². The van der Waals surface area contributed by atoms with Crippen molar-refractivity contribution in [2.45, 2.75) is 39.4 Å². The molecular formula is C18H21F2N5O. The number of rotatable bonds is 7. The largest absolute Gasteiger partial charge is 0.338 e. The van der Waals surface area contributed by atoms with E-state index < -0.39 is 6.55 Å². The van der Waals surface area contributed by atoms with E-state index in [1.54, 1.807) is 11.9 Å². The zero-order chi connectivity index (χ0) is 18.7. The first-order valence-electron chi connectivity index (χ1n) is 8.35. The molecule has 0 fully saturated rings. The van der Waals surface area contributed by atoms with Crippen molar-refractivity contribution in [2.24, 2.45) is 0 Å². The van der Waals surface area contributed by atoms with Gasteiger partial charge in [-0.05, 0) is 18.5 Å². The van der Waals surface area contributed by atoms with Crippen LogP contribution in [-0.2, 0) is 13.1 Å². The number of imidazole rings is 1. The molecule has 0 unspecified atom stereocenters. The van der Waals surface area contributed by atoms with Crippen molar-refractivity contribution >= 4 is 0 Å². The molecule has 0 spiro atoms. The van der Waals surface area contributed by atoms with E-state index in [2.05, 4.69) is 29.0 Å². The highest BCUT2D eigenvalue weighted by molar-refractivity contribution is 5.54. The topological polar surface area (TPSA) is 60.0 Å². The fourth-order valence-electron chi connectivity index (χ4n) is 2.63. The summed E-state index contributed by atoms with van der Waals surface area (Å²) in [5.41, 5.74) is 2.12. The van der Waals surface area contributed by atoms with E-state index in [4.69, 9.17) is 4.52 Å². The Morgan fingerprint density at radius 2 is 1.88 bits per heavy atom. The SMILES string of the molecule is CC(C)c1ccc(-c2noc(CN(C)Cc3nccn3C(F)F)n2)cc1. The molecule has 1 aromatic carbocycles. The summed E-state index contributed by atoms with van der Waals surface area (Å²) in [7, 11) is 1.78. The Balaban J connectivity index is 1.65. The molecule has 8 heteroatoms. The van der Waals surface area contributed by atoms with Gasteiger partial charge in [-0.2, -0.15) is 13.8 Å². The molecule has 0 aliphatic heterocycles. The molecule has 0 aliphatic carbocycles. The van der Waals surface area contributed by atoms with E-state index in [1.165, 1.54) is 18.0 Å². The second kappa shape index (κ2) is 7.74. The second-order valence-electron chi connectivity index (χ2n) is 6.49. The number of halogens is 2. The van der Waals surface area contributed by atoms with Crippen LogP contribution < -0.4 is 0 Å². The fraction of sp³-hybridized carbons (Fsp3) is 0.389. The third-order valence-corrected chi connectivity index (χ3v) is 4.08. The third kappa shape index (κ3) is 4.13. The number of hydrogen-bond donors (Lipinski definition) is 0. The lowest BCUT2D eigenvalue weighted by atomic mass is 10.0. The molecule has 0 bridgehead atoms. The van der Waals surface area contributed by atoms with Gasteiger partial charge in [0.2, 0.25) is 11.7 Å². The van der Waals surface area contributed by atoms with Crippen LogP contribution in [0.25, 0.3) is 11.4 Å². The Bertz CT molecular complexity index is 841. The number of benzene rings is 1. The molecule has 0 amide bonds. The Labute approximate surface area is 150 Å². The van der Waals surface area contributed by atoms with Gasteiger partial charge >= 0.3 is 6.55 Å². The van der Waals surface area contributed by atoms with Gasteiger partial charge in [-0.25, -0.2) is 4.98 Å². The van der Waals surface area contributed by atoms with Gasteiger partial charge in [0.05, 0.1) is 13.1 Å². The summed E-state index contributed by atoms with van der Waals surface area (Å²) in [5, 5.41) is 4.00. The third-order valence-electron chi connectivity index (χ3n) is 4.08. The lowest BCUT2D eigenvalue weighted by molar-refractivity contribution is 0.0642. The predicted octanol–water partition coefficient (Wildman–Crippen LogP) is 4.08. The molecule has 0 saturated heterocycles. The maximum absolute atomic E-state index is 12.9. The monoisotopic (exact) mass is 361 g/mol. The van der Waals surface area contributed by atoms with Gasteiger partial charge in [0.25, 0.3) is 0 Å². The lowest BCUT2D eigenvalue weighted by Crippen LogP contribution is -2.20. The first-order chi connectivity index (χ1) is 12.4. The molecule has 0 radical (unpaired) electrons. The lowest BCUT2D eigenvalue weighted by Gasteiger charge is -2.14. The molecule has 3 aromatic rings. The molecule has 2 aromatic heterocycles.